The molecule has 1 saturated heterocycles. The zero-order chi connectivity index (χ0) is 17.3. The standard InChI is InChI=1S/C18H25F3N2O/c1-2-22(12-18(19,20)21)10-13-7-8-23(11-13)16-9-14-5-3-4-6-15(14)17(16)24/h3-6,13,16-17,24H,2,7-12H2,1H3/t13-,16-,17-/m0/s1. The Labute approximate surface area is 141 Å². The number of fused-ring (bicyclic) bond motifs is 1. The number of nitrogens with zero attached hydrogens (tertiary/aromatic N) is 2. The number of likely N-dealkylation sites (tertiary alicyclic amines) is 1. The summed E-state index contributed by atoms with van der Waals surface area (Å²) in [6, 6.07) is 8.00. The van der Waals surface area contributed by atoms with Gasteiger partial charge in [0.1, 0.15) is 0 Å². The second kappa shape index (κ2) is 7.02. The summed E-state index contributed by atoms with van der Waals surface area (Å²) in [4.78, 5) is 3.74. The first kappa shape index (κ1) is 17.7. The summed E-state index contributed by atoms with van der Waals surface area (Å²) in [5.74, 6) is 0.239. The average molecular weight is 342 g/mol. The minimum atomic E-state index is -4.14. The highest BCUT2D eigenvalue weighted by Crippen LogP contribution is 2.36. The summed E-state index contributed by atoms with van der Waals surface area (Å²) < 4.78 is 37.8. The van der Waals surface area contributed by atoms with Crippen molar-refractivity contribution in [1.29, 1.82) is 0 Å². The van der Waals surface area contributed by atoms with Crippen LogP contribution < -0.4 is 0 Å². The monoisotopic (exact) mass is 342 g/mol. The zero-order valence-corrected chi connectivity index (χ0v) is 14.0. The highest BCUT2D eigenvalue weighted by Gasteiger charge is 2.39. The summed E-state index contributed by atoms with van der Waals surface area (Å²) in [6.07, 6.45) is -2.91. The molecule has 0 saturated carbocycles. The normalized spacial score (nSPS) is 27.8. The number of hydrogen-bond donors (Lipinski definition) is 1. The van der Waals surface area contributed by atoms with Crippen LogP contribution in [-0.4, -0.2) is 59.8 Å². The molecule has 2 aliphatic rings. The molecular weight excluding hydrogens is 317 g/mol. The van der Waals surface area contributed by atoms with E-state index in [1.807, 2.05) is 24.3 Å². The third-order valence-corrected chi connectivity index (χ3v) is 5.32. The van der Waals surface area contributed by atoms with E-state index in [1.54, 1.807) is 6.92 Å². The van der Waals surface area contributed by atoms with Crippen LogP contribution in [0.15, 0.2) is 24.3 Å². The Kier molecular flexibility index (Phi) is 5.18. The Morgan fingerprint density at radius 3 is 2.71 bits per heavy atom. The van der Waals surface area contributed by atoms with Crippen LogP contribution in [0.2, 0.25) is 0 Å². The summed E-state index contributed by atoms with van der Waals surface area (Å²) in [5.41, 5.74) is 2.18. The maximum Gasteiger partial charge on any atom is 0.401 e. The minimum absolute atomic E-state index is 0.0603. The molecule has 3 atom stereocenters. The number of aliphatic hydroxyl groups excluding tert-OH is 1. The first-order valence-corrected chi connectivity index (χ1v) is 8.66. The van der Waals surface area contributed by atoms with Crippen LogP contribution in [0.1, 0.15) is 30.6 Å². The van der Waals surface area contributed by atoms with Crippen molar-refractivity contribution >= 4 is 0 Å². The molecule has 3 rings (SSSR count). The van der Waals surface area contributed by atoms with Gasteiger partial charge in [0.25, 0.3) is 0 Å². The van der Waals surface area contributed by atoms with E-state index in [-0.39, 0.29) is 12.0 Å². The van der Waals surface area contributed by atoms with Gasteiger partial charge in [-0.3, -0.25) is 9.80 Å². The van der Waals surface area contributed by atoms with Gasteiger partial charge in [-0.05, 0) is 43.0 Å². The number of rotatable bonds is 5. The van der Waals surface area contributed by atoms with Crippen molar-refractivity contribution in [3.05, 3.63) is 35.4 Å². The largest absolute Gasteiger partial charge is 0.401 e. The van der Waals surface area contributed by atoms with E-state index < -0.39 is 18.8 Å². The lowest BCUT2D eigenvalue weighted by atomic mass is 10.1. The van der Waals surface area contributed by atoms with Gasteiger partial charge in [0.15, 0.2) is 0 Å². The fourth-order valence-electron chi connectivity index (χ4n) is 4.12. The Morgan fingerprint density at radius 2 is 2.04 bits per heavy atom. The molecule has 0 radical (unpaired) electrons. The molecule has 1 aliphatic heterocycles. The van der Waals surface area contributed by atoms with E-state index in [1.165, 1.54) is 10.5 Å². The number of aliphatic hydroxyl groups is 1. The fourth-order valence-corrected chi connectivity index (χ4v) is 4.12. The second-order valence-electron chi connectivity index (χ2n) is 7.01. The van der Waals surface area contributed by atoms with Crippen molar-refractivity contribution < 1.29 is 18.3 Å². The molecule has 0 amide bonds. The van der Waals surface area contributed by atoms with Gasteiger partial charge in [0.2, 0.25) is 0 Å². The van der Waals surface area contributed by atoms with Crippen LogP contribution in [-0.2, 0) is 6.42 Å². The van der Waals surface area contributed by atoms with Gasteiger partial charge in [0, 0.05) is 19.1 Å². The lowest BCUT2D eigenvalue weighted by Gasteiger charge is -2.28. The van der Waals surface area contributed by atoms with Gasteiger partial charge >= 0.3 is 6.18 Å². The van der Waals surface area contributed by atoms with Crippen molar-refractivity contribution in [2.75, 3.05) is 32.7 Å². The van der Waals surface area contributed by atoms with E-state index in [9.17, 15) is 18.3 Å². The predicted octanol–water partition coefficient (Wildman–Crippen LogP) is 2.85. The first-order valence-electron chi connectivity index (χ1n) is 8.66. The summed E-state index contributed by atoms with van der Waals surface area (Å²) >= 11 is 0. The van der Waals surface area contributed by atoms with Gasteiger partial charge in [-0.1, -0.05) is 31.2 Å². The minimum Gasteiger partial charge on any atom is -0.387 e. The van der Waals surface area contributed by atoms with Crippen LogP contribution in [0.4, 0.5) is 13.2 Å². The maximum atomic E-state index is 12.6. The highest BCUT2D eigenvalue weighted by atomic mass is 19.4. The average Bonchev–Trinajstić information content (AvgIpc) is 3.10. The SMILES string of the molecule is CCN(C[C@@H]1CCN([C@H]2Cc3ccccc3[C@@H]2O)C1)CC(F)(F)F. The molecule has 134 valence electrons. The van der Waals surface area contributed by atoms with Crippen LogP contribution >= 0.6 is 0 Å². The number of hydrogen-bond acceptors (Lipinski definition) is 3. The van der Waals surface area contributed by atoms with E-state index in [0.29, 0.717) is 13.1 Å². The Balaban J connectivity index is 1.56. The van der Waals surface area contributed by atoms with Crippen molar-refractivity contribution in [3.8, 4) is 0 Å². The number of alkyl halides is 3. The van der Waals surface area contributed by atoms with E-state index >= 15 is 0 Å². The molecule has 1 aliphatic carbocycles. The Hall–Kier alpha value is -1.11. The molecule has 0 unspecified atom stereocenters. The fraction of sp³-hybridized carbons (Fsp3) is 0.667. The molecule has 1 aromatic rings. The van der Waals surface area contributed by atoms with Gasteiger partial charge in [0.05, 0.1) is 12.6 Å². The summed E-state index contributed by atoms with van der Waals surface area (Å²) in [7, 11) is 0. The molecule has 6 heteroatoms. The van der Waals surface area contributed by atoms with E-state index in [4.69, 9.17) is 0 Å². The molecule has 0 bridgehead atoms. The number of benzene rings is 1. The lowest BCUT2D eigenvalue weighted by Crippen LogP contribution is -2.40. The van der Waals surface area contributed by atoms with Crippen LogP contribution in [0.3, 0.4) is 0 Å². The van der Waals surface area contributed by atoms with Crippen molar-refractivity contribution in [2.45, 2.75) is 38.1 Å². The lowest BCUT2D eigenvalue weighted by molar-refractivity contribution is -0.146. The first-order chi connectivity index (χ1) is 11.4. The topological polar surface area (TPSA) is 26.7 Å². The zero-order valence-electron chi connectivity index (χ0n) is 14.0. The van der Waals surface area contributed by atoms with Crippen molar-refractivity contribution in [1.82, 2.24) is 9.80 Å². The van der Waals surface area contributed by atoms with E-state index in [0.717, 1.165) is 31.5 Å². The third-order valence-electron chi connectivity index (χ3n) is 5.32. The quantitative estimate of drug-likeness (QED) is 0.891. The predicted molar refractivity (Wildman–Crippen MR) is 86.7 cm³/mol. The molecule has 1 N–H and O–H groups in total. The second-order valence-corrected chi connectivity index (χ2v) is 7.01. The van der Waals surface area contributed by atoms with E-state index in [2.05, 4.69) is 4.90 Å². The molecule has 0 aromatic heterocycles. The molecule has 1 heterocycles. The maximum absolute atomic E-state index is 12.6. The van der Waals surface area contributed by atoms with Gasteiger partial charge < -0.3 is 5.11 Å². The molecule has 1 fully saturated rings. The van der Waals surface area contributed by atoms with Crippen molar-refractivity contribution in [3.63, 3.8) is 0 Å². The van der Waals surface area contributed by atoms with Gasteiger partial charge in [-0.25, -0.2) is 0 Å². The van der Waals surface area contributed by atoms with Gasteiger partial charge in [-0.2, -0.15) is 13.2 Å². The molecule has 24 heavy (non-hydrogen) atoms. The number of halogens is 3. The van der Waals surface area contributed by atoms with Crippen LogP contribution in [0, 0.1) is 5.92 Å². The van der Waals surface area contributed by atoms with Crippen LogP contribution in [0.5, 0.6) is 0 Å². The molecule has 3 nitrogen and oxygen atoms in total. The summed E-state index contributed by atoms with van der Waals surface area (Å²) in [5, 5.41) is 10.6. The molecule has 0 spiro atoms. The summed E-state index contributed by atoms with van der Waals surface area (Å²) in [6.45, 7) is 3.44. The highest BCUT2D eigenvalue weighted by molar-refractivity contribution is 5.36. The Bertz CT molecular complexity index is 563. The third kappa shape index (κ3) is 3.92. The van der Waals surface area contributed by atoms with Crippen LogP contribution in [0.25, 0.3) is 0 Å². The molecule has 1 aromatic carbocycles. The Morgan fingerprint density at radius 1 is 1.29 bits per heavy atom. The van der Waals surface area contributed by atoms with Crippen molar-refractivity contribution in [2.24, 2.45) is 5.92 Å². The van der Waals surface area contributed by atoms with Gasteiger partial charge in [-0.15, -0.1) is 0 Å². The smallest absolute Gasteiger partial charge is 0.387 e. The molecular formula is C18H25F3N2O.